The van der Waals surface area contributed by atoms with E-state index in [-0.39, 0.29) is 6.54 Å². The number of hydrogen-bond donors (Lipinski definition) is 2. The molecule has 0 rings (SSSR count). The zero-order chi connectivity index (χ0) is 5.70. The monoisotopic (exact) mass is 105 g/mol. The van der Waals surface area contributed by atoms with Crippen LogP contribution < -0.4 is 5.73 Å². The molecular weight excluding hydrogens is 98.0 g/mol. The van der Waals surface area contributed by atoms with Gasteiger partial charge in [-0.1, -0.05) is 0 Å². The molecule has 0 heterocycles. The number of rotatable bonds is 2. The van der Waals surface area contributed by atoms with Gasteiger partial charge in [0.05, 0.1) is 6.54 Å². The first-order chi connectivity index (χ1) is 3.31. The largest absolute Gasteiger partial charge is 0.438 e. The summed E-state index contributed by atoms with van der Waals surface area (Å²) in [7, 11) is 0. The average Bonchev–Trinajstić information content (AvgIpc) is 1.68. The summed E-state index contributed by atoms with van der Waals surface area (Å²) in [5.74, 6) is -0.595. The third-order valence-corrected chi connectivity index (χ3v) is 0.392. The van der Waals surface area contributed by atoms with E-state index in [0.717, 1.165) is 0 Å². The first-order valence-corrected chi connectivity index (χ1v) is 1.77. The topological polar surface area (TPSA) is 72.6 Å². The summed E-state index contributed by atoms with van der Waals surface area (Å²) in [6.07, 6.45) is 0. The Kier molecular flexibility index (Phi) is 3.26. The number of esters is 1. The minimum absolute atomic E-state index is 0.180. The number of ether oxygens (including phenoxy) is 1. The Hall–Kier alpha value is -0.610. The van der Waals surface area contributed by atoms with Crippen molar-refractivity contribution in [2.24, 2.45) is 5.73 Å². The second-order valence-electron chi connectivity index (χ2n) is 0.850. The van der Waals surface area contributed by atoms with Crippen LogP contribution >= 0.6 is 0 Å². The van der Waals surface area contributed by atoms with E-state index in [2.05, 4.69) is 4.74 Å². The van der Waals surface area contributed by atoms with Crippen molar-refractivity contribution in [2.45, 2.75) is 0 Å². The summed E-state index contributed by atoms with van der Waals surface area (Å²) in [4.78, 5) is 9.90. The number of hydrogen-bond acceptors (Lipinski definition) is 4. The highest BCUT2D eigenvalue weighted by atomic mass is 16.6. The minimum atomic E-state index is -0.595. The maximum atomic E-state index is 9.90. The van der Waals surface area contributed by atoms with Gasteiger partial charge in [0.1, 0.15) is 0 Å². The Morgan fingerprint density at radius 1 is 1.86 bits per heavy atom. The van der Waals surface area contributed by atoms with Gasteiger partial charge in [-0.25, -0.2) is 0 Å². The molecule has 0 amide bonds. The standard InChI is InChI=1S/C3H7NO3/c4-1-3(6)7-2-5/h5H,1-2,4H2. The van der Waals surface area contributed by atoms with Crippen LogP contribution in [0.1, 0.15) is 0 Å². The van der Waals surface area contributed by atoms with Gasteiger partial charge in [-0.15, -0.1) is 0 Å². The fraction of sp³-hybridized carbons (Fsp3) is 0.667. The Labute approximate surface area is 40.9 Å². The van der Waals surface area contributed by atoms with E-state index in [1.807, 2.05) is 0 Å². The molecule has 0 spiro atoms. The third kappa shape index (κ3) is 3.21. The summed E-state index contributed by atoms with van der Waals surface area (Å²) >= 11 is 0. The Morgan fingerprint density at radius 3 is 2.57 bits per heavy atom. The zero-order valence-electron chi connectivity index (χ0n) is 3.76. The fourth-order valence-electron chi connectivity index (χ4n) is 0.131. The highest BCUT2D eigenvalue weighted by molar-refractivity contribution is 5.71. The number of aliphatic hydroxyl groups is 1. The molecule has 0 bridgehead atoms. The summed E-state index contributed by atoms with van der Waals surface area (Å²) in [5, 5.41) is 7.87. The highest BCUT2D eigenvalue weighted by Crippen LogP contribution is 1.67. The normalized spacial score (nSPS) is 8.29. The van der Waals surface area contributed by atoms with E-state index >= 15 is 0 Å². The lowest BCUT2D eigenvalue weighted by Crippen LogP contribution is -2.16. The molecule has 0 atom stereocenters. The van der Waals surface area contributed by atoms with Crippen LogP contribution in [0.4, 0.5) is 0 Å². The van der Waals surface area contributed by atoms with E-state index < -0.39 is 12.8 Å². The molecule has 0 aromatic heterocycles. The van der Waals surface area contributed by atoms with Gasteiger partial charge in [-0.2, -0.15) is 0 Å². The third-order valence-electron chi connectivity index (χ3n) is 0.392. The van der Waals surface area contributed by atoms with Crippen molar-refractivity contribution in [2.75, 3.05) is 13.3 Å². The van der Waals surface area contributed by atoms with Crippen molar-refractivity contribution < 1.29 is 14.6 Å². The van der Waals surface area contributed by atoms with Gasteiger partial charge in [0, 0.05) is 0 Å². The molecule has 4 heteroatoms. The number of carbonyl (C=O) groups is 1. The molecule has 0 fully saturated rings. The quantitative estimate of drug-likeness (QED) is 0.329. The predicted molar refractivity (Wildman–Crippen MR) is 22.2 cm³/mol. The van der Waals surface area contributed by atoms with Crippen LogP contribution in [-0.2, 0) is 9.53 Å². The second-order valence-corrected chi connectivity index (χ2v) is 0.850. The molecule has 42 valence electrons. The molecule has 0 aromatic carbocycles. The highest BCUT2D eigenvalue weighted by Gasteiger charge is 1.92. The SMILES string of the molecule is NCC(=O)OCO. The summed E-state index contributed by atoms with van der Waals surface area (Å²) in [6, 6.07) is 0. The summed E-state index contributed by atoms with van der Waals surface area (Å²) in [6.45, 7) is -0.767. The lowest BCUT2D eigenvalue weighted by Gasteiger charge is -1.93. The van der Waals surface area contributed by atoms with Crippen molar-refractivity contribution in [1.29, 1.82) is 0 Å². The van der Waals surface area contributed by atoms with Crippen LogP contribution in [0, 0.1) is 0 Å². The maximum Gasteiger partial charge on any atom is 0.321 e. The number of aliphatic hydroxyl groups excluding tert-OH is 1. The van der Waals surface area contributed by atoms with Gasteiger partial charge in [0.25, 0.3) is 0 Å². The van der Waals surface area contributed by atoms with Crippen molar-refractivity contribution in [3.63, 3.8) is 0 Å². The van der Waals surface area contributed by atoms with Gasteiger partial charge < -0.3 is 15.6 Å². The van der Waals surface area contributed by atoms with Crippen molar-refractivity contribution >= 4 is 5.97 Å². The number of carbonyl (C=O) groups excluding carboxylic acids is 1. The molecule has 0 aliphatic heterocycles. The Bertz CT molecular complexity index is 63.2. The van der Waals surface area contributed by atoms with E-state index in [9.17, 15) is 4.79 Å². The van der Waals surface area contributed by atoms with Crippen LogP contribution in [0.5, 0.6) is 0 Å². The zero-order valence-corrected chi connectivity index (χ0v) is 3.76. The average molecular weight is 105 g/mol. The van der Waals surface area contributed by atoms with E-state index in [4.69, 9.17) is 10.8 Å². The smallest absolute Gasteiger partial charge is 0.321 e. The van der Waals surface area contributed by atoms with Crippen molar-refractivity contribution in [1.82, 2.24) is 0 Å². The van der Waals surface area contributed by atoms with E-state index in [1.54, 1.807) is 0 Å². The van der Waals surface area contributed by atoms with E-state index in [0.29, 0.717) is 0 Å². The lowest BCUT2D eigenvalue weighted by atomic mass is 10.7. The van der Waals surface area contributed by atoms with Crippen LogP contribution in [0.2, 0.25) is 0 Å². The number of nitrogens with two attached hydrogens (primary N) is 1. The van der Waals surface area contributed by atoms with Gasteiger partial charge in [0.2, 0.25) is 0 Å². The molecule has 0 aliphatic rings. The molecule has 0 saturated carbocycles. The minimum Gasteiger partial charge on any atom is -0.438 e. The first kappa shape index (κ1) is 6.39. The fourth-order valence-corrected chi connectivity index (χ4v) is 0.131. The maximum absolute atomic E-state index is 9.90. The molecule has 7 heavy (non-hydrogen) atoms. The summed E-state index contributed by atoms with van der Waals surface area (Å²) in [5.41, 5.74) is 4.77. The molecule has 0 radical (unpaired) electrons. The molecule has 0 aromatic rings. The lowest BCUT2D eigenvalue weighted by molar-refractivity contribution is -0.149. The van der Waals surface area contributed by atoms with Crippen molar-refractivity contribution in [3.05, 3.63) is 0 Å². The molecule has 0 unspecified atom stereocenters. The van der Waals surface area contributed by atoms with Gasteiger partial charge in [-0.3, -0.25) is 4.79 Å². The van der Waals surface area contributed by atoms with Crippen molar-refractivity contribution in [3.8, 4) is 0 Å². The first-order valence-electron chi connectivity index (χ1n) is 1.77. The van der Waals surface area contributed by atoms with Gasteiger partial charge in [0.15, 0.2) is 6.79 Å². The molecular formula is C3H7NO3. The molecule has 3 N–H and O–H groups in total. The van der Waals surface area contributed by atoms with Gasteiger partial charge >= 0.3 is 5.97 Å². The van der Waals surface area contributed by atoms with Crippen LogP contribution in [0.25, 0.3) is 0 Å². The summed E-state index contributed by atoms with van der Waals surface area (Å²) < 4.78 is 3.98. The molecule has 4 nitrogen and oxygen atoms in total. The Balaban J connectivity index is 3.00. The van der Waals surface area contributed by atoms with E-state index in [1.165, 1.54) is 0 Å². The van der Waals surface area contributed by atoms with Crippen LogP contribution in [0.15, 0.2) is 0 Å². The second kappa shape index (κ2) is 3.58. The molecule has 0 saturated heterocycles. The molecule has 0 aliphatic carbocycles. The predicted octanol–water partition coefficient (Wildman–Crippen LogP) is -1.56. The van der Waals surface area contributed by atoms with Crippen LogP contribution in [-0.4, -0.2) is 24.4 Å². The van der Waals surface area contributed by atoms with Gasteiger partial charge in [-0.05, 0) is 0 Å². The Morgan fingerprint density at radius 2 is 2.43 bits per heavy atom. The van der Waals surface area contributed by atoms with Crippen LogP contribution in [0.3, 0.4) is 0 Å².